The Morgan fingerprint density at radius 3 is 2.17 bits per heavy atom. The minimum Gasteiger partial charge on any atom is -0.240 e. The average Bonchev–Trinajstić information content (AvgIpc) is 2.08. The molecular weight excluding hydrogens is 195 g/mol. The van der Waals surface area contributed by atoms with Crippen molar-refractivity contribution >= 4 is 18.6 Å². The van der Waals surface area contributed by atoms with Gasteiger partial charge in [0.1, 0.15) is 0 Å². The van der Waals surface area contributed by atoms with Crippen LogP contribution in [0.5, 0.6) is 5.75 Å². The Morgan fingerprint density at radius 1 is 1.25 bits per heavy atom. The average molecular weight is 206 g/mol. The van der Waals surface area contributed by atoms with Crippen LogP contribution in [0.25, 0.3) is 0 Å². The second kappa shape index (κ2) is 7.08. The molecule has 0 spiro atoms. The van der Waals surface area contributed by atoms with E-state index in [1.54, 1.807) is 24.3 Å². The second-order valence-electron chi connectivity index (χ2n) is 1.62. The van der Waals surface area contributed by atoms with Gasteiger partial charge in [-0.05, 0) is 12.1 Å². The van der Waals surface area contributed by atoms with Crippen LogP contribution < -0.4 is 4.52 Å². The third-order valence-corrected chi connectivity index (χ3v) is 1.48. The zero-order chi connectivity index (χ0) is 9.40. The highest BCUT2D eigenvalue weighted by molar-refractivity contribution is 7.70. The van der Waals surface area contributed by atoms with E-state index in [1.807, 2.05) is 19.9 Å². The molecular formula is C8H11ClO2P+. The van der Waals surface area contributed by atoms with Crippen molar-refractivity contribution in [3.05, 3.63) is 30.3 Å². The quantitative estimate of drug-likeness (QED) is 0.683. The highest BCUT2D eigenvalue weighted by Crippen LogP contribution is 2.30. The fourth-order valence-electron chi connectivity index (χ4n) is 0.564. The Kier molecular flexibility index (Phi) is 6.73. The van der Waals surface area contributed by atoms with Gasteiger partial charge in [0.25, 0.3) is 11.2 Å². The van der Waals surface area contributed by atoms with Crippen molar-refractivity contribution < 1.29 is 9.09 Å². The third kappa shape index (κ3) is 5.11. The van der Waals surface area contributed by atoms with Crippen LogP contribution in [0.15, 0.2) is 30.3 Å². The molecule has 2 nitrogen and oxygen atoms in total. The summed E-state index contributed by atoms with van der Waals surface area (Å²) < 4.78 is 15.0. The molecule has 1 unspecified atom stereocenters. The Balaban J connectivity index is 0.000000561. The molecule has 0 fully saturated rings. The molecule has 12 heavy (non-hydrogen) atoms. The predicted molar refractivity (Wildman–Crippen MR) is 51.9 cm³/mol. The van der Waals surface area contributed by atoms with Gasteiger partial charge in [0.15, 0.2) is 5.75 Å². The van der Waals surface area contributed by atoms with E-state index in [1.165, 1.54) is 0 Å². The number of benzene rings is 1. The topological polar surface area (TPSA) is 26.3 Å². The van der Waals surface area contributed by atoms with E-state index >= 15 is 0 Å². The third-order valence-electron chi connectivity index (χ3n) is 0.920. The molecule has 0 radical (unpaired) electrons. The van der Waals surface area contributed by atoms with Gasteiger partial charge in [0.05, 0.1) is 0 Å². The molecule has 1 aromatic carbocycles. The fourth-order valence-corrected chi connectivity index (χ4v) is 1.09. The lowest BCUT2D eigenvalue weighted by atomic mass is 10.3. The Hall–Kier alpha value is -0.590. The van der Waals surface area contributed by atoms with Crippen LogP contribution in [0.2, 0.25) is 0 Å². The molecule has 0 aliphatic rings. The number of para-hydroxylation sites is 1. The molecule has 0 aromatic heterocycles. The molecule has 66 valence electrons. The van der Waals surface area contributed by atoms with E-state index < -0.39 is 7.38 Å². The second-order valence-corrected chi connectivity index (χ2v) is 3.05. The van der Waals surface area contributed by atoms with Crippen molar-refractivity contribution in [2.24, 2.45) is 0 Å². The molecule has 0 aliphatic heterocycles. The van der Waals surface area contributed by atoms with Gasteiger partial charge < -0.3 is 0 Å². The van der Waals surface area contributed by atoms with Crippen LogP contribution in [0.3, 0.4) is 0 Å². The van der Waals surface area contributed by atoms with Gasteiger partial charge in [-0.25, -0.2) is 4.52 Å². The van der Waals surface area contributed by atoms with Crippen molar-refractivity contribution in [1.29, 1.82) is 0 Å². The van der Waals surface area contributed by atoms with Crippen molar-refractivity contribution in [1.82, 2.24) is 0 Å². The minimum atomic E-state index is -2.05. The fraction of sp³-hybridized carbons (Fsp3) is 0.250. The summed E-state index contributed by atoms with van der Waals surface area (Å²) in [5, 5.41) is 0. The molecule has 0 aliphatic carbocycles. The summed E-state index contributed by atoms with van der Waals surface area (Å²) in [6, 6.07) is 8.79. The zero-order valence-corrected chi connectivity index (χ0v) is 8.68. The lowest BCUT2D eigenvalue weighted by Gasteiger charge is -1.86. The lowest BCUT2D eigenvalue weighted by Crippen LogP contribution is -1.73. The molecule has 0 bridgehead atoms. The number of hydrogen-bond donors (Lipinski definition) is 0. The number of halogens is 1. The molecule has 0 saturated heterocycles. The zero-order valence-electron chi connectivity index (χ0n) is 7.03. The first kappa shape index (κ1) is 11.4. The number of hydrogen-bond acceptors (Lipinski definition) is 2. The standard InChI is InChI=1S/C6H5ClO2P.C2H6/c7-10(8)9-6-4-2-1-3-5-6;1-2/h1-5H;1-2H3/q+1;. The molecule has 1 atom stereocenters. The highest BCUT2D eigenvalue weighted by Gasteiger charge is 2.13. The van der Waals surface area contributed by atoms with Gasteiger partial charge in [0.2, 0.25) is 0 Å². The Morgan fingerprint density at radius 2 is 1.75 bits per heavy atom. The van der Waals surface area contributed by atoms with Gasteiger partial charge in [0, 0.05) is 4.57 Å². The van der Waals surface area contributed by atoms with Crippen LogP contribution in [0.1, 0.15) is 13.8 Å². The molecule has 4 heteroatoms. The Labute approximate surface area is 78.2 Å². The highest BCUT2D eigenvalue weighted by atomic mass is 35.7. The van der Waals surface area contributed by atoms with Gasteiger partial charge in [-0.1, -0.05) is 32.0 Å². The van der Waals surface area contributed by atoms with E-state index in [2.05, 4.69) is 4.52 Å². The normalized spacial score (nSPS) is 9.42. The first-order chi connectivity index (χ1) is 5.79. The van der Waals surface area contributed by atoms with Gasteiger partial charge in [-0.3, -0.25) is 0 Å². The maximum absolute atomic E-state index is 10.3. The van der Waals surface area contributed by atoms with Crippen LogP contribution >= 0.6 is 18.6 Å². The van der Waals surface area contributed by atoms with Crippen LogP contribution in [-0.2, 0) is 4.57 Å². The maximum Gasteiger partial charge on any atom is 0.683 e. The summed E-state index contributed by atoms with van der Waals surface area (Å²) in [7, 11) is -2.05. The molecule has 0 N–H and O–H groups in total. The summed E-state index contributed by atoms with van der Waals surface area (Å²) in [6.45, 7) is 4.00. The van der Waals surface area contributed by atoms with Gasteiger partial charge in [-0.2, -0.15) is 0 Å². The summed E-state index contributed by atoms with van der Waals surface area (Å²) >= 11 is 5.10. The maximum atomic E-state index is 10.3. The van der Waals surface area contributed by atoms with Crippen molar-refractivity contribution in [3.63, 3.8) is 0 Å². The van der Waals surface area contributed by atoms with Crippen LogP contribution in [0.4, 0.5) is 0 Å². The van der Waals surface area contributed by atoms with Crippen molar-refractivity contribution in [2.75, 3.05) is 0 Å². The van der Waals surface area contributed by atoms with Crippen molar-refractivity contribution in [2.45, 2.75) is 13.8 Å². The molecule has 0 heterocycles. The van der Waals surface area contributed by atoms with E-state index in [0.29, 0.717) is 5.75 Å². The molecule has 0 amide bonds. The van der Waals surface area contributed by atoms with E-state index in [-0.39, 0.29) is 0 Å². The molecule has 1 rings (SSSR count). The summed E-state index contributed by atoms with van der Waals surface area (Å²) in [4.78, 5) is 0. The van der Waals surface area contributed by atoms with Crippen LogP contribution in [-0.4, -0.2) is 0 Å². The van der Waals surface area contributed by atoms with E-state index in [4.69, 9.17) is 11.2 Å². The van der Waals surface area contributed by atoms with Crippen molar-refractivity contribution in [3.8, 4) is 5.75 Å². The first-order valence-corrected chi connectivity index (χ1v) is 5.73. The summed E-state index contributed by atoms with van der Waals surface area (Å²) in [5.41, 5.74) is 0. The lowest BCUT2D eigenvalue weighted by molar-refractivity contribution is 0.519. The van der Waals surface area contributed by atoms with E-state index in [9.17, 15) is 4.57 Å². The SMILES string of the molecule is CC.O=[P+](Cl)Oc1ccccc1. The molecule has 1 aromatic rings. The van der Waals surface area contributed by atoms with Crippen LogP contribution in [0, 0.1) is 0 Å². The smallest absolute Gasteiger partial charge is 0.240 e. The minimum absolute atomic E-state index is 0.526. The number of rotatable bonds is 2. The largest absolute Gasteiger partial charge is 0.683 e. The molecule has 0 saturated carbocycles. The summed E-state index contributed by atoms with van der Waals surface area (Å²) in [6.07, 6.45) is 0. The predicted octanol–water partition coefficient (Wildman–Crippen LogP) is 3.99. The van der Waals surface area contributed by atoms with Gasteiger partial charge in [-0.15, -0.1) is 0 Å². The summed E-state index contributed by atoms with van der Waals surface area (Å²) in [5.74, 6) is 0.526. The first-order valence-electron chi connectivity index (χ1n) is 3.65. The Bertz CT molecular complexity index is 226. The monoisotopic (exact) mass is 205 g/mol. The van der Waals surface area contributed by atoms with E-state index in [0.717, 1.165) is 0 Å². The van der Waals surface area contributed by atoms with Gasteiger partial charge >= 0.3 is 7.38 Å².